The highest BCUT2D eigenvalue weighted by molar-refractivity contribution is 7.15. The topological polar surface area (TPSA) is 60.7 Å². The number of carbonyl (C=O) groups excluding carboxylic acids is 1. The molecule has 0 atom stereocenters. The first-order chi connectivity index (χ1) is 11.0. The summed E-state index contributed by atoms with van der Waals surface area (Å²) in [5, 5.41) is 1.79. The summed E-state index contributed by atoms with van der Waals surface area (Å²) in [7, 11) is 0. The predicted molar refractivity (Wildman–Crippen MR) is 79.6 cm³/mol. The van der Waals surface area contributed by atoms with Crippen molar-refractivity contribution in [1.82, 2.24) is 9.38 Å². The molecule has 0 aliphatic carbocycles. The van der Waals surface area contributed by atoms with Gasteiger partial charge < -0.3 is 4.74 Å². The number of hydrogen-bond donors (Lipinski definition) is 0. The van der Waals surface area contributed by atoms with Crippen LogP contribution in [0.4, 0.5) is 8.78 Å². The lowest BCUT2D eigenvalue weighted by molar-refractivity contribution is 0.0467. The van der Waals surface area contributed by atoms with Gasteiger partial charge in [-0.15, -0.1) is 11.3 Å². The molecule has 0 amide bonds. The molecule has 0 unspecified atom stereocenters. The number of ether oxygens (including phenoxy) is 1. The summed E-state index contributed by atoms with van der Waals surface area (Å²) in [4.78, 5) is 28.5. The molecule has 0 aliphatic heterocycles. The highest BCUT2D eigenvalue weighted by Gasteiger charge is 2.13. The van der Waals surface area contributed by atoms with E-state index in [0.717, 1.165) is 23.9 Å². The Morgan fingerprint density at radius 1 is 1.30 bits per heavy atom. The molecule has 3 rings (SSSR count). The van der Waals surface area contributed by atoms with Crippen LogP contribution in [0.3, 0.4) is 0 Å². The van der Waals surface area contributed by atoms with Crippen LogP contribution >= 0.6 is 11.3 Å². The monoisotopic (exact) mass is 336 g/mol. The maximum absolute atomic E-state index is 13.1. The van der Waals surface area contributed by atoms with E-state index in [9.17, 15) is 18.4 Å². The number of nitrogens with zero attached hydrogens (tertiary/aromatic N) is 2. The van der Waals surface area contributed by atoms with Crippen LogP contribution in [0.15, 0.2) is 34.4 Å². The molecule has 0 spiro atoms. The second kappa shape index (κ2) is 5.88. The molecule has 0 saturated heterocycles. The summed E-state index contributed by atoms with van der Waals surface area (Å²) in [5.74, 6) is -3.01. The number of aryl methyl sites for hydroxylation is 1. The SMILES string of the molecule is Cc1csc2nc(COC(=O)c3ccc(F)c(F)c3)cc(=O)n12. The minimum Gasteiger partial charge on any atom is -0.456 e. The number of halogens is 2. The molecule has 0 saturated carbocycles. The highest BCUT2D eigenvalue weighted by atomic mass is 32.1. The fraction of sp³-hybridized carbons (Fsp3) is 0.133. The third kappa shape index (κ3) is 2.98. The van der Waals surface area contributed by atoms with Crippen molar-refractivity contribution in [1.29, 1.82) is 0 Å². The van der Waals surface area contributed by atoms with E-state index in [4.69, 9.17) is 4.74 Å². The lowest BCUT2D eigenvalue weighted by atomic mass is 10.2. The average molecular weight is 336 g/mol. The van der Waals surface area contributed by atoms with E-state index in [-0.39, 0.29) is 23.4 Å². The Bertz CT molecular complexity index is 965. The lowest BCUT2D eigenvalue weighted by Gasteiger charge is -2.05. The van der Waals surface area contributed by atoms with Gasteiger partial charge in [0.05, 0.1) is 11.3 Å². The Labute approximate surface area is 132 Å². The zero-order chi connectivity index (χ0) is 16.6. The lowest BCUT2D eigenvalue weighted by Crippen LogP contribution is -2.16. The number of thiazole rings is 1. The smallest absolute Gasteiger partial charge is 0.338 e. The van der Waals surface area contributed by atoms with E-state index in [1.165, 1.54) is 21.8 Å². The molecule has 5 nitrogen and oxygen atoms in total. The molecule has 2 heterocycles. The number of carbonyl (C=O) groups is 1. The first-order valence-corrected chi connectivity index (χ1v) is 7.42. The van der Waals surface area contributed by atoms with E-state index in [1.54, 1.807) is 12.3 Å². The molecular weight excluding hydrogens is 326 g/mol. The van der Waals surface area contributed by atoms with Gasteiger partial charge in [0.15, 0.2) is 16.6 Å². The van der Waals surface area contributed by atoms with Crippen LogP contribution in [0.1, 0.15) is 21.7 Å². The van der Waals surface area contributed by atoms with Crippen molar-refractivity contribution in [2.24, 2.45) is 0 Å². The largest absolute Gasteiger partial charge is 0.456 e. The first-order valence-electron chi connectivity index (χ1n) is 6.54. The molecule has 118 valence electrons. The highest BCUT2D eigenvalue weighted by Crippen LogP contribution is 2.13. The number of rotatable bonds is 3. The van der Waals surface area contributed by atoms with Crippen molar-refractivity contribution in [2.75, 3.05) is 0 Å². The second-order valence-corrected chi connectivity index (χ2v) is 5.62. The zero-order valence-corrected chi connectivity index (χ0v) is 12.7. The van der Waals surface area contributed by atoms with Crippen LogP contribution in [0.25, 0.3) is 4.96 Å². The van der Waals surface area contributed by atoms with Crippen LogP contribution in [0.2, 0.25) is 0 Å². The summed E-state index contributed by atoms with van der Waals surface area (Å²) >= 11 is 1.30. The summed E-state index contributed by atoms with van der Waals surface area (Å²) < 4.78 is 32.4. The second-order valence-electron chi connectivity index (χ2n) is 4.79. The number of esters is 1. The van der Waals surface area contributed by atoms with E-state index < -0.39 is 17.6 Å². The number of fused-ring (bicyclic) bond motifs is 1. The van der Waals surface area contributed by atoms with E-state index >= 15 is 0 Å². The minimum absolute atomic E-state index is 0.117. The van der Waals surface area contributed by atoms with E-state index in [0.29, 0.717) is 4.96 Å². The Kier molecular flexibility index (Phi) is 3.91. The van der Waals surface area contributed by atoms with Crippen LogP contribution in [-0.2, 0) is 11.3 Å². The quantitative estimate of drug-likeness (QED) is 0.690. The average Bonchev–Trinajstić information content (AvgIpc) is 2.89. The molecule has 0 aliphatic rings. The van der Waals surface area contributed by atoms with Gasteiger partial charge in [-0.3, -0.25) is 9.20 Å². The Morgan fingerprint density at radius 3 is 2.83 bits per heavy atom. The normalized spacial score (nSPS) is 10.9. The molecule has 8 heteroatoms. The molecule has 0 bridgehead atoms. The predicted octanol–water partition coefficient (Wildman–Crippen LogP) is 2.70. The van der Waals surface area contributed by atoms with Crippen molar-refractivity contribution in [3.63, 3.8) is 0 Å². The maximum Gasteiger partial charge on any atom is 0.338 e. The van der Waals surface area contributed by atoms with E-state index in [2.05, 4.69) is 4.98 Å². The summed E-state index contributed by atoms with van der Waals surface area (Å²) in [6.45, 7) is 1.55. The minimum atomic E-state index is -1.13. The molecule has 2 aromatic heterocycles. The van der Waals surface area contributed by atoms with Gasteiger partial charge in [0.1, 0.15) is 6.61 Å². The molecule has 23 heavy (non-hydrogen) atoms. The van der Waals surface area contributed by atoms with Gasteiger partial charge in [0, 0.05) is 17.1 Å². The molecular formula is C15H10F2N2O3S. The molecule has 0 radical (unpaired) electrons. The van der Waals surface area contributed by atoms with Gasteiger partial charge in [0.2, 0.25) is 0 Å². The van der Waals surface area contributed by atoms with Gasteiger partial charge in [-0.25, -0.2) is 18.6 Å². The van der Waals surface area contributed by atoms with Crippen molar-refractivity contribution in [3.05, 3.63) is 68.6 Å². The van der Waals surface area contributed by atoms with Gasteiger partial charge in [-0.05, 0) is 25.1 Å². The third-order valence-electron chi connectivity index (χ3n) is 3.14. The van der Waals surface area contributed by atoms with Gasteiger partial charge in [-0.1, -0.05) is 0 Å². The molecule has 0 fully saturated rings. The first kappa shape index (κ1) is 15.3. The van der Waals surface area contributed by atoms with Crippen molar-refractivity contribution < 1.29 is 18.3 Å². The standard InChI is InChI=1S/C15H10F2N2O3S/c1-8-7-23-15-18-10(5-13(20)19(8)15)6-22-14(21)9-2-3-11(16)12(17)4-9/h2-5,7H,6H2,1H3. The van der Waals surface area contributed by atoms with Crippen LogP contribution < -0.4 is 5.56 Å². The number of benzene rings is 1. The maximum atomic E-state index is 13.1. The van der Waals surface area contributed by atoms with Gasteiger partial charge in [-0.2, -0.15) is 0 Å². The fourth-order valence-corrected chi connectivity index (χ4v) is 2.91. The Balaban J connectivity index is 1.79. The van der Waals surface area contributed by atoms with Crippen molar-refractivity contribution >= 4 is 22.3 Å². The Hall–Kier alpha value is -2.61. The van der Waals surface area contributed by atoms with Crippen LogP contribution in [0, 0.1) is 18.6 Å². The fourth-order valence-electron chi connectivity index (χ4n) is 2.02. The summed E-state index contributed by atoms with van der Waals surface area (Å²) in [5.41, 5.74) is 0.668. The zero-order valence-electron chi connectivity index (χ0n) is 11.9. The Morgan fingerprint density at radius 2 is 2.09 bits per heavy atom. The summed E-state index contributed by atoms with van der Waals surface area (Å²) in [6, 6.07) is 3.99. The molecule has 1 aromatic carbocycles. The van der Waals surface area contributed by atoms with Crippen LogP contribution in [0.5, 0.6) is 0 Å². The molecule has 0 N–H and O–H groups in total. The summed E-state index contributed by atoms with van der Waals surface area (Å²) in [6.07, 6.45) is 0. The number of aromatic nitrogens is 2. The van der Waals surface area contributed by atoms with Crippen molar-refractivity contribution in [3.8, 4) is 0 Å². The third-order valence-corrected chi connectivity index (χ3v) is 4.08. The molecule has 3 aromatic rings. The van der Waals surface area contributed by atoms with Gasteiger partial charge >= 0.3 is 5.97 Å². The van der Waals surface area contributed by atoms with Crippen LogP contribution in [-0.4, -0.2) is 15.4 Å². The van der Waals surface area contributed by atoms with E-state index in [1.807, 2.05) is 0 Å². The van der Waals surface area contributed by atoms with Gasteiger partial charge in [0.25, 0.3) is 5.56 Å². The number of hydrogen-bond acceptors (Lipinski definition) is 5. The van der Waals surface area contributed by atoms with Crippen molar-refractivity contribution in [2.45, 2.75) is 13.5 Å².